The molecule has 1 aromatic rings. The molecule has 1 amide bonds. The molecule has 8 heteroatoms. The smallest absolute Gasteiger partial charge is 0.235 e. The van der Waals surface area contributed by atoms with Crippen molar-refractivity contribution in [2.45, 2.75) is 44.6 Å². The van der Waals surface area contributed by atoms with Crippen molar-refractivity contribution >= 4 is 15.9 Å². The summed E-state index contributed by atoms with van der Waals surface area (Å²) >= 11 is 0. The van der Waals surface area contributed by atoms with E-state index in [1.807, 2.05) is 12.1 Å². The van der Waals surface area contributed by atoms with Crippen molar-refractivity contribution in [3.05, 3.63) is 23.8 Å². The molecule has 1 aliphatic carbocycles. The predicted molar refractivity (Wildman–Crippen MR) is 105 cm³/mol. The third-order valence-corrected chi connectivity index (χ3v) is 6.11. The number of benzene rings is 1. The maximum Gasteiger partial charge on any atom is 0.235 e. The van der Waals surface area contributed by atoms with Gasteiger partial charge in [0.1, 0.15) is 0 Å². The number of hydrogen-bond donors (Lipinski definition) is 1. The monoisotopic (exact) mass is 398 g/mol. The SMILES string of the molecule is COc1ccc(CCN(CC(=O)NC2CCCCC2)S(C)(=O)=O)cc1OC. The van der Waals surface area contributed by atoms with E-state index in [0.29, 0.717) is 17.9 Å². The molecular formula is C19H30N2O5S. The summed E-state index contributed by atoms with van der Waals surface area (Å²) in [4.78, 5) is 12.3. The van der Waals surface area contributed by atoms with Gasteiger partial charge in [-0.3, -0.25) is 4.79 Å². The Hall–Kier alpha value is -1.80. The lowest BCUT2D eigenvalue weighted by Gasteiger charge is -2.25. The molecule has 0 spiro atoms. The number of carbonyl (C=O) groups is 1. The number of methoxy groups -OCH3 is 2. The highest BCUT2D eigenvalue weighted by Crippen LogP contribution is 2.27. The summed E-state index contributed by atoms with van der Waals surface area (Å²) in [5.74, 6) is 0.976. The summed E-state index contributed by atoms with van der Waals surface area (Å²) in [5.41, 5.74) is 0.911. The lowest BCUT2D eigenvalue weighted by Crippen LogP contribution is -2.45. The molecule has 27 heavy (non-hydrogen) atoms. The zero-order valence-electron chi connectivity index (χ0n) is 16.4. The lowest BCUT2D eigenvalue weighted by molar-refractivity contribution is -0.122. The maximum absolute atomic E-state index is 12.3. The van der Waals surface area contributed by atoms with E-state index in [1.54, 1.807) is 20.3 Å². The van der Waals surface area contributed by atoms with Crippen LogP contribution in [0.5, 0.6) is 11.5 Å². The van der Waals surface area contributed by atoms with Crippen molar-refractivity contribution in [3.8, 4) is 11.5 Å². The van der Waals surface area contributed by atoms with Gasteiger partial charge in [-0.05, 0) is 37.0 Å². The van der Waals surface area contributed by atoms with Gasteiger partial charge in [-0.2, -0.15) is 4.31 Å². The van der Waals surface area contributed by atoms with Crippen molar-refractivity contribution in [2.24, 2.45) is 0 Å². The first-order chi connectivity index (χ1) is 12.8. The lowest BCUT2D eigenvalue weighted by atomic mass is 9.95. The summed E-state index contributed by atoms with van der Waals surface area (Å²) in [6, 6.07) is 5.64. The number of sulfonamides is 1. The van der Waals surface area contributed by atoms with Gasteiger partial charge in [0.15, 0.2) is 11.5 Å². The number of rotatable bonds is 9. The third kappa shape index (κ3) is 6.70. The van der Waals surface area contributed by atoms with Crippen molar-refractivity contribution in [1.29, 1.82) is 0 Å². The molecule has 2 rings (SSSR count). The normalized spacial score (nSPS) is 15.6. The van der Waals surface area contributed by atoms with E-state index >= 15 is 0 Å². The number of ether oxygens (including phenoxy) is 2. The Bertz CT molecular complexity index is 730. The van der Waals surface area contributed by atoms with Crippen LogP contribution >= 0.6 is 0 Å². The average molecular weight is 399 g/mol. The molecule has 0 saturated heterocycles. The quantitative estimate of drug-likeness (QED) is 0.687. The van der Waals surface area contributed by atoms with Crippen LogP contribution in [0, 0.1) is 0 Å². The van der Waals surface area contributed by atoms with Crippen LogP contribution in [0.2, 0.25) is 0 Å². The minimum atomic E-state index is -3.48. The highest BCUT2D eigenvalue weighted by Gasteiger charge is 2.22. The molecule has 1 saturated carbocycles. The molecule has 0 aliphatic heterocycles. The van der Waals surface area contributed by atoms with E-state index in [9.17, 15) is 13.2 Å². The fourth-order valence-electron chi connectivity index (χ4n) is 3.33. The molecule has 0 heterocycles. The zero-order valence-corrected chi connectivity index (χ0v) is 17.2. The molecule has 0 aromatic heterocycles. The fourth-order valence-corrected chi connectivity index (χ4v) is 4.11. The van der Waals surface area contributed by atoms with E-state index in [0.717, 1.165) is 37.5 Å². The van der Waals surface area contributed by atoms with Crippen LogP contribution in [0.15, 0.2) is 18.2 Å². The molecule has 1 N–H and O–H groups in total. The van der Waals surface area contributed by atoms with E-state index in [1.165, 1.54) is 10.7 Å². The summed E-state index contributed by atoms with van der Waals surface area (Å²) < 4.78 is 35.9. The van der Waals surface area contributed by atoms with E-state index in [-0.39, 0.29) is 25.0 Å². The minimum Gasteiger partial charge on any atom is -0.493 e. The Morgan fingerprint density at radius 2 is 1.81 bits per heavy atom. The topological polar surface area (TPSA) is 84.9 Å². The third-order valence-electron chi connectivity index (χ3n) is 4.86. The summed E-state index contributed by atoms with van der Waals surface area (Å²) in [5, 5.41) is 2.97. The number of amides is 1. The van der Waals surface area contributed by atoms with E-state index in [2.05, 4.69) is 5.32 Å². The van der Waals surface area contributed by atoms with Crippen LogP contribution in [0.3, 0.4) is 0 Å². The first-order valence-electron chi connectivity index (χ1n) is 9.29. The number of nitrogens with zero attached hydrogens (tertiary/aromatic N) is 1. The predicted octanol–water partition coefficient (Wildman–Crippen LogP) is 1.96. The van der Waals surface area contributed by atoms with Gasteiger partial charge >= 0.3 is 0 Å². The molecule has 1 aliphatic rings. The van der Waals surface area contributed by atoms with Crippen molar-refractivity contribution < 1.29 is 22.7 Å². The summed E-state index contributed by atoms with van der Waals surface area (Å²) in [6.07, 6.45) is 6.97. The Morgan fingerprint density at radius 3 is 2.41 bits per heavy atom. The molecule has 0 unspecified atom stereocenters. The van der Waals surface area contributed by atoms with Gasteiger partial charge in [-0.25, -0.2) is 8.42 Å². The average Bonchev–Trinajstić information content (AvgIpc) is 2.64. The highest BCUT2D eigenvalue weighted by atomic mass is 32.2. The van der Waals surface area contributed by atoms with Gasteiger partial charge < -0.3 is 14.8 Å². The maximum atomic E-state index is 12.3. The molecule has 7 nitrogen and oxygen atoms in total. The van der Waals surface area contributed by atoms with Crippen molar-refractivity contribution in [1.82, 2.24) is 9.62 Å². The summed E-state index contributed by atoms with van der Waals surface area (Å²) in [6.45, 7) is 0.0784. The van der Waals surface area contributed by atoms with Gasteiger partial charge in [0.05, 0.1) is 27.0 Å². The second kappa shape index (κ2) is 9.94. The Labute approximate surface area is 162 Å². The van der Waals surface area contributed by atoms with Crippen LogP contribution < -0.4 is 14.8 Å². The Kier molecular flexibility index (Phi) is 7.91. The van der Waals surface area contributed by atoms with Gasteiger partial charge in [-0.1, -0.05) is 25.3 Å². The van der Waals surface area contributed by atoms with Crippen LogP contribution in [0.25, 0.3) is 0 Å². The standard InChI is InChI=1S/C19H30N2O5S/c1-25-17-10-9-15(13-18(17)26-2)11-12-21(27(3,23)24)14-19(22)20-16-7-5-4-6-8-16/h9-10,13,16H,4-8,11-12,14H2,1-3H3,(H,20,22). The number of nitrogens with one attached hydrogen (secondary N) is 1. The first-order valence-corrected chi connectivity index (χ1v) is 11.1. The van der Waals surface area contributed by atoms with Gasteiger partial charge in [-0.15, -0.1) is 0 Å². The van der Waals surface area contributed by atoms with E-state index < -0.39 is 10.0 Å². The molecule has 0 atom stereocenters. The second-order valence-electron chi connectivity index (χ2n) is 6.94. The molecule has 0 radical (unpaired) electrons. The van der Waals surface area contributed by atoms with Gasteiger partial charge in [0.25, 0.3) is 0 Å². The number of hydrogen-bond acceptors (Lipinski definition) is 5. The second-order valence-corrected chi connectivity index (χ2v) is 8.92. The van der Waals surface area contributed by atoms with Crippen LogP contribution in [-0.4, -0.2) is 58.2 Å². The Balaban J connectivity index is 1.97. The fraction of sp³-hybridized carbons (Fsp3) is 0.632. The molecule has 1 fully saturated rings. The zero-order chi connectivity index (χ0) is 19.9. The summed E-state index contributed by atoms with van der Waals surface area (Å²) in [7, 11) is -0.364. The first kappa shape index (κ1) is 21.5. The van der Waals surface area contributed by atoms with Crippen molar-refractivity contribution in [2.75, 3.05) is 33.6 Å². The molecule has 152 valence electrons. The Morgan fingerprint density at radius 1 is 1.15 bits per heavy atom. The number of carbonyl (C=O) groups excluding carboxylic acids is 1. The van der Waals surface area contributed by atoms with Crippen molar-refractivity contribution in [3.63, 3.8) is 0 Å². The molecular weight excluding hydrogens is 368 g/mol. The van der Waals surface area contributed by atoms with Gasteiger partial charge in [0, 0.05) is 12.6 Å². The van der Waals surface area contributed by atoms with Crippen LogP contribution in [0.4, 0.5) is 0 Å². The van der Waals surface area contributed by atoms with Gasteiger partial charge in [0.2, 0.25) is 15.9 Å². The molecule has 0 bridgehead atoms. The minimum absolute atomic E-state index is 0.150. The van der Waals surface area contributed by atoms with Crippen LogP contribution in [-0.2, 0) is 21.2 Å². The van der Waals surface area contributed by atoms with E-state index in [4.69, 9.17) is 9.47 Å². The van der Waals surface area contributed by atoms with Crippen LogP contribution in [0.1, 0.15) is 37.7 Å². The largest absolute Gasteiger partial charge is 0.493 e. The molecule has 1 aromatic carbocycles. The highest BCUT2D eigenvalue weighted by molar-refractivity contribution is 7.88.